The van der Waals surface area contributed by atoms with Crippen LogP contribution in [0.4, 0.5) is 0 Å². The third kappa shape index (κ3) is 1.96. The van der Waals surface area contributed by atoms with Crippen LogP contribution in [0.1, 0.15) is 34.3 Å². The van der Waals surface area contributed by atoms with Gasteiger partial charge in [-0.2, -0.15) is 0 Å². The van der Waals surface area contributed by atoms with E-state index in [4.69, 9.17) is 0 Å². The molecule has 0 amide bonds. The monoisotopic (exact) mass is 285 g/mol. The Kier molecular flexibility index (Phi) is 2.90. The number of carbonyl (C=O) groups is 1. The summed E-state index contributed by atoms with van der Waals surface area (Å²) in [6.07, 6.45) is 5.66. The summed E-state index contributed by atoms with van der Waals surface area (Å²) in [6, 6.07) is 16.1. The van der Waals surface area contributed by atoms with Gasteiger partial charge in [0.1, 0.15) is 0 Å². The lowest BCUT2D eigenvalue weighted by Gasteiger charge is -2.06. The van der Waals surface area contributed by atoms with Crippen LogP contribution in [0.2, 0.25) is 0 Å². The Bertz CT molecular complexity index is 924. The summed E-state index contributed by atoms with van der Waals surface area (Å²) in [5.74, 6) is 0.301. The molecular weight excluding hydrogens is 270 g/mol. The van der Waals surface area contributed by atoms with Crippen LogP contribution in [-0.4, -0.2) is 10.8 Å². The number of hydrogen-bond acceptors (Lipinski definition) is 2. The molecule has 1 aliphatic carbocycles. The fourth-order valence-electron chi connectivity index (χ4n) is 3.16. The number of ketones is 1. The minimum atomic E-state index is 0.150. The zero-order valence-corrected chi connectivity index (χ0v) is 12.3. The third-order valence-electron chi connectivity index (χ3n) is 4.39. The summed E-state index contributed by atoms with van der Waals surface area (Å²) in [6.45, 7) is 2.10. The van der Waals surface area contributed by atoms with Gasteiger partial charge in [-0.3, -0.25) is 9.78 Å². The second-order valence-corrected chi connectivity index (χ2v) is 5.72. The van der Waals surface area contributed by atoms with Crippen molar-refractivity contribution >= 4 is 22.6 Å². The summed E-state index contributed by atoms with van der Waals surface area (Å²) < 4.78 is 0. The molecule has 2 heteroatoms. The summed E-state index contributed by atoms with van der Waals surface area (Å²) in [4.78, 5) is 16.7. The molecule has 1 aromatic heterocycles. The molecule has 2 nitrogen and oxygen atoms in total. The maximum absolute atomic E-state index is 12.6. The van der Waals surface area contributed by atoms with Crippen molar-refractivity contribution in [3.8, 4) is 0 Å². The number of allylic oxidation sites excluding steroid dienone is 1. The quantitative estimate of drug-likeness (QED) is 0.611. The van der Waals surface area contributed by atoms with Gasteiger partial charge in [-0.1, -0.05) is 43.3 Å². The van der Waals surface area contributed by atoms with E-state index in [-0.39, 0.29) is 11.7 Å². The average Bonchev–Trinajstić information content (AvgIpc) is 2.80. The highest BCUT2D eigenvalue weighted by Crippen LogP contribution is 2.38. The summed E-state index contributed by atoms with van der Waals surface area (Å²) in [5, 5.41) is 2.25. The van der Waals surface area contributed by atoms with Gasteiger partial charge in [-0.15, -0.1) is 0 Å². The van der Waals surface area contributed by atoms with E-state index >= 15 is 0 Å². The van der Waals surface area contributed by atoms with Crippen molar-refractivity contribution in [3.05, 3.63) is 83.2 Å². The van der Waals surface area contributed by atoms with E-state index in [0.717, 1.165) is 33.0 Å². The zero-order valence-electron chi connectivity index (χ0n) is 12.3. The molecule has 0 fully saturated rings. The lowest BCUT2D eigenvalue weighted by atomic mass is 9.97. The number of hydrogen-bond donors (Lipinski definition) is 0. The largest absolute Gasteiger partial charge is 0.289 e. The van der Waals surface area contributed by atoms with Gasteiger partial charge in [-0.25, -0.2) is 0 Å². The molecule has 1 unspecified atom stereocenters. The van der Waals surface area contributed by atoms with Crippen molar-refractivity contribution in [2.24, 2.45) is 0 Å². The van der Waals surface area contributed by atoms with Gasteiger partial charge in [0.05, 0.1) is 0 Å². The van der Waals surface area contributed by atoms with E-state index in [2.05, 4.69) is 18.0 Å². The van der Waals surface area contributed by atoms with Gasteiger partial charge in [0.25, 0.3) is 0 Å². The number of fused-ring (bicyclic) bond motifs is 2. The molecular formula is C20H15NO. The first-order chi connectivity index (χ1) is 10.7. The van der Waals surface area contributed by atoms with E-state index in [1.54, 1.807) is 6.20 Å². The highest BCUT2D eigenvalue weighted by Gasteiger charge is 2.30. The lowest BCUT2D eigenvalue weighted by molar-refractivity contribution is 0.103. The van der Waals surface area contributed by atoms with Gasteiger partial charge < -0.3 is 0 Å². The van der Waals surface area contributed by atoms with Crippen LogP contribution in [0, 0.1) is 0 Å². The van der Waals surface area contributed by atoms with Crippen molar-refractivity contribution in [3.63, 3.8) is 0 Å². The molecule has 0 saturated heterocycles. The first kappa shape index (κ1) is 13.0. The van der Waals surface area contributed by atoms with Crippen LogP contribution in [0.25, 0.3) is 16.8 Å². The Labute approximate surface area is 129 Å². The third-order valence-corrected chi connectivity index (χ3v) is 4.39. The van der Waals surface area contributed by atoms with E-state index in [0.29, 0.717) is 0 Å². The van der Waals surface area contributed by atoms with Crippen LogP contribution in [0.5, 0.6) is 0 Å². The molecule has 1 atom stereocenters. The first-order valence-corrected chi connectivity index (χ1v) is 7.43. The van der Waals surface area contributed by atoms with Gasteiger partial charge in [-0.05, 0) is 34.7 Å². The Balaban J connectivity index is 1.81. The molecule has 1 aliphatic rings. The number of aromatic nitrogens is 1. The molecule has 0 spiro atoms. The Morgan fingerprint density at radius 1 is 1.05 bits per heavy atom. The highest BCUT2D eigenvalue weighted by molar-refractivity contribution is 6.16. The van der Waals surface area contributed by atoms with Crippen LogP contribution in [-0.2, 0) is 0 Å². The summed E-state index contributed by atoms with van der Waals surface area (Å²) in [5.41, 5.74) is 3.89. The molecule has 2 aromatic carbocycles. The van der Waals surface area contributed by atoms with Crippen molar-refractivity contribution in [2.75, 3.05) is 0 Å². The molecule has 0 saturated carbocycles. The van der Waals surface area contributed by atoms with Gasteiger partial charge >= 0.3 is 0 Å². The smallest absolute Gasteiger partial charge is 0.189 e. The minimum Gasteiger partial charge on any atom is -0.289 e. The summed E-state index contributed by atoms with van der Waals surface area (Å²) in [7, 11) is 0. The van der Waals surface area contributed by atoms with E-state index in [1.165, 1.54) is 0 Å². The van der Waals surface area contributed by atoms with Crippen LogP contribution in [0.15, 0.2) is 66.5 Å². The SMILES string of the molecule is CC1/C(=C/c2ccc3cnccc3c2)C(=O)c2ccccc21. The number of pyridine rings is 1. The Hall–Kier alpha value is -2.74. The molecule has 3 aromatic rings. The molecule has 4 rings (SSSR count). The molecule has 0 radical (unpaired) electrons. The molecule has 22 heavy (non-hydrogen) atoms. The molecule has 106 valence electrons. The number of benzene rings is 2. The van der Waals surface area contributed by atoms with Gasteiger partial charge in [0, 0.05) is 34.8 Å². The van der Waals surface area contributed by atoms with Crippen molar-refractivity contribution in [1.29, 1.82) is 0 Å². The fourth-order valence-corrected chi connectivity index (χ4v) is 3.16. The normalized spacial score (nSPS) is 18.9. The highest BCUT2D eigenvalue weighted by atomic mass is 16.1. The number of Topliss-reactive ketones (excluding diaryl/α,β-unsaturated/α-hetero) is 1. The van der Waals surface area contributed by atoms with Gasteiger partial charge in [0.15, 0.2) is 5.78 Å². The Morgan fingerprint density at radius 3 is 2.77 bits per heavy atom. The topological polar surface area (TPSA) is 30.0 Å². The second kappa shape index (κ2) is 4.92. The predicted octanol–water partition coefficient (Wildman–Crippen LogP) is 4.62. The van der Waals surface area contributed by atoms with Crippen molar-refractivity contribution in [2.45, 2.75) is 12.8 Å². The zero-order chi connectivity index (χ0) is 15.1. The molecule has 1 heterocycles. The minimum absolute atomic E-state index is 0.150. The van der Waals surface area contributed by atoms with E-state index in [9.17, 15) is 4.79 Å². The fraction of sp³-hybridized carbons (Fsp3) is 0.100. The molecule has 0 bridgehead atoms. The maximum Gasteiger partial charge on any atom is 0.189 e. The van der Waals surface area contributed by atoms with Crippen molar-refractivity contribution in [1.82, 2.24) is 4.98 Å². The van der Waals surface area contributed by atoms with E-state index < -0.39 is 0 Å². The Morgan fingerprint density at radius 2 is 1.91 bits per heavy atom. The first-order valence-electron chi connectivity index (χ1n) is 7.43. The second-order valence-electron chi connectivity index (χ2n) is 5.72. The van der Waals surface area contributed by atoms with Crippen LogP contribution < -0.4 is 0 Å². The average molecular weight is 285 g/mol. The summed E-state index contributed by atoms with van der Waals surface area (Å²) >= 11 is 0. The maximum atomic E-state index is 12.6. The molecule has 0 aliphatic heterocycles. The predicted molar refractivity (Wildman–Crippen MR) is 88.9 cm³/mol. The standard InChI is InChI=1S/C20H15NO/c1-13-17-4-2-3-5-18(17)20(22)19(13)11-14-6-7-16-12-21-9-8-15(16)10-14/h2-13H,1H3/b19-11-. The number of rotatable bonds is 1. The lowest BCUT2D eigenvalue weighted by Crippen LogP contribution is -1.97. The van der Waals surface area contributed by atoms with Crippen molar-refractivity contribution < 1.29 is 4.79 Å². The number of carbonyl (C=O) groups excluding carboxylic acids is 1. The number of nitrogens with zero attached hydrogens (tertiary/aromatic N) is 1. The molecule has 0 N–H and O–H groups in total. The van der Waals surface area contributed by atoms with Gasteiger partial charge in [0.2, 0.25) is 0 Å². The van der Waals surface area contributed by atoms with Crippen LogP contribution >= 0.6 is 0 Å². The van der Waals surface area contributed by atoms with Crippen LogP contribution in [0.3, 0.4) is 0 Å². The van der Waals surface area contributed by atoms with E-state index in [1.807, 2.05) is 54.7 Å².